The van der Waals surface area contributed by atoms with E-state index in [1.807, 2.05) is 0 Å². The van der Waals surface area contributed by atoms with Gasteiger partial charge in [-0.15, -0.1) is 0 Å². The molecule has 1 aliphatic carbocycles. The second-order valence-corrected chi connectivity index (χ2v) is 5.63. The normalized spacial score (nSPS) is 20.4. The van der Waals surface area contributed by atoms with Gasteiger partial charge in [-0.3, -0.25) is 0 Å². The highest BCUT2D eigenvalue weighted by molar-refractivity contribution is 9.10. The third-order valence-electron chi connectivity index (χ3n) is 3.77. The smallest absolute Gasteiger partial charge is 0.0323 e. The highest BCUT2D eigenvalue weighted by atomic mass is 79.9. The first kappa shape index (κ1) is 12.1. The van der Waals surface area contributed by atoms with Crippen molar-refractivity contribution in [2.75, 3.05) is 7.05 Å². The fraction of sp³-hybridized carbons (Fsp3) is 0.571. The maximum absolute atomic E-state index is 3.68. The van der Waals surface area contributed by atoms with Crippen LogP contribution in [0.1, 0.15) is 47.6 Å². The lowest BCUT2D eigenvalue weighted by Gasteiger charge is -2.22. The van der Waals surface area contributed by atoms with E-state index in [4.69, 9.17) is 0 Å². The molecule has 16 heavy (non-hydrogen) atoms. The van der Waals surface area contributed by atoms with Crippen molar-refractivity contribution in [3.05, 3.63) is 32.8 Å². The van der Waals surface area contributed by atoms with Gasteiger partial charge in [0.05, 0.1) is 0 Å². The molecular weight excluding hydrogens is 262 g/mol. The Labute approximate surface area is 107 Å². The summed E-state index contributed by atoms with van der Waals surface area (Å²) in [4.78, 5) is 0. The lowest BCUT2D eigenvalue weighted by Crippen LogP contribution is -2.18. The average molecular weight is 282 g/mol. The van der Waals surface area contributed by atoms with E-state index in [9.17, 15) is 0 Å². The maximum atomic E-state index is 3.68. The van der Waals surface area contributed by atoms with Gasteiger partial charge in [-0.25, -0.2) is 0 Å². The molecule has 0 fully saturated rings. The molecule has 2 heteroatoms. The van der Waals surface area contributed by atoms with E-state index in [-0.39, 0.29) is 0 Å². The summed E-state index contributed by atoms with van der Waals surface area (Å²) in [7, 11) is 2.08. The summed E-state index contributed by atoms with van der Waals surface area (Å²) in [5.41, 5.74) is 5.99. The molecule has 0 amide bonds. The molecule has 88 valence electrons. The second kappa shape index (κ2) is 4.89. The zero-order valence-electron chi connectivity index (χ0n) is 10.4. The van der Waals surface area contributed by atoms with Crippen LogP contribution >= 0.6 is 15.9 Å². The van der Waals surface area contributed by atoms with E-state index >= 15 is 0 Å². The van der Waals surface area contributed by atoms with Crippen LogP contribution in [-0.2, 0) is 6.42 Å². The van der Waals surface area contributed by atoms with Crippen molar-refractivity contribution in [2.24, 2.45) is 0 Å². The van der Waals surface area contributed by atoms with Crippen LogP contribution in [0.2, 0.25) is 0 Å². The Morgan fingerprint density at radius 2 is 2.06 bits per heavy atom. The molecular formula is C14H20BrN. The first-order valence-corrected chi connectivity index (χ1v) is 6.90. The van der Waals surface area contributed by atoms with E-state index in [1.165, 1.54) is 41.3 Å². The molecule has 0 bridgehead atoms. The zero-order valence-corrected chi connectivity index (χ0v) is 11.9. The predicted molar refractivity (Wildman–Crippen MR) is 73.0 cm³/mol. The molecule has 0 aromatic heterocycles. The van der Waals surface area contributed by atoms with Crippen LogP contribution in [0.5, 0.6) is 0 Å². The van der Waals surface area contributed by atoms with Gasteiger partial charge in [0, 0.05) is 10.5 Å². The molecule has 1 atom stereocenters. The van der Waals surface area contributed by atoms with E-state index in [2.05, 4.69) is 48.2 Å². The topological polar surface area (TPSA) is 12.0 Å². The minimum Gasteiger partial charge on any atom is -0.313 e. The van der Waals surface area contributed by atoms with Gasteiger partial charge in [0.25, 0.3) is 0 Å². The quantitative estimate of drug-likeness (QED) is 0.766. The van der Waals surface area contributed by atoms with Crippen LogP contribution in [0, 0.1) is 13.8 Å². The van der Waals surface area contributed by atoms with Gasteiger partial charge in [-0.05, 0) is 68.5 Å². The fourth-order valence-corrected chi connectivity index (χ4v) is 3.40. The molecule has 0 radical (unpaired) electrons. The van der Waals surface area contributed by atoms with Crippen molar-refractivity contribution in [3.63, 3.8) is 0 Å². The molecule has 0 saturated heterocycles. The van der Waals surface area contributed by atoms with Gasteiger partial charge in [-0.1, -0.05) is 22.4 Å². The minimum atomic E-state index is 0.536. The van der Waals surface area contributed by atoms with Gasteiger partial charge in [-0.2, -0.15) is 0 Å². The van der Waals surface area contributed by atoms with Gasteiger partial charge in [0.1, 0.15) is 0 Å². The molecule has 1 aromatic carbocycles. The first-order valence-electron chi connectivity index (χ1n) is 6.11. The van der Waals surface area contributed by atoms with Crippen LogP contribution in [0.15, 0.2) is 10.5 Å². The van der Waals surface area contributed by atoms with Crippen LogP contribution < -0.4 is 5.32 Å². The average Bonchev–Trinajstić information content (AvgIpc) is 2.48. The third-order valence-corrected chi connectivity index (χ3v) is 4.60. The molecule has 1 aliphatic rings. The summed E-state index contributed by atoms with van der Waals surface area (Å²) in [5.74, 6) is 0. The van der Waals surface area contributed by atoms with Crippen molar-refractivity contribution in [3.8, 4) is 0 Å². The van der Waals surface area contributed by atoms with Crippen LogP contribution in [-0.4, -0.2) is 7.05 Å². The molecule has 0 heterocycles. The molecule has 1 N–H and O–H groups in total. The summed E-state index contributed by atoms with van der Waals surface area (Å²) in [5, 5.41) is 3.47. The van der Waals surface area contributed by atoms with Crippen molar-refractivity contribution in [2.45, 2.75) is 45.6 Å². The van der Waals surface area contributed by atoms with Crippen LogP contribution in [0.3, 0.4) is 0 Å². The summed E-state index contributed by atoms with van der Waals surface area (Å²) >= 11 is 3.68. The van der Waals surface area contributed by atoms with Gasteiger partial charge >= 0.3 is 0 Å². The van der Waals surface area contributed by atoms with Crippen molar-refractivity contribution < 1.29 is 0 Å². The van der Waals surface area contributed by atoms with Crippen molar-refractivity contribution in [1.82, 2.24) is 5.32 Å². The van der Waals surface area contributed by atoms with Crippen molar-refractivity contribution in [1.29, 1.82) is 0 Å². The Balaban J connectivity index is 2.61. The van der Waals surface area contributed by atoms with E-state index in [1.54, 1.807) is 11.1 Å². The number of rotatable bonds is 1. The SMILES string of the molecule is CNC1CCCCc2c(C)cc(Br)c(C)c21. The number of benzene rings is 1. The Bertz CT molecular complexity index is 398. The number of aryl methyl sites for hydroxylation is 1. The van der Waals surface area contributed by atoms with E-state index < -0.39 is 0 Å². The Morgan fingerprint density at radius 1 is 1.31 bits per heavy atom. The number of halogens is 1. The summed E-state index contributed by atoms with van der Waals surface area (Å²) in [6.45, 7) is 4.47. The third kappa shape index (κ3) is 2.05. The predicted octanol–water partition coefficient (Wildman–Crippen LogP) is 4.05. The second-order valence-electron chi connectivity index (χ2n) is 4.78. The van der Waals surface area contributed by atoms with Gasteiger partial charge in [0.15, 0.2) is 0 Å². The van der Waals surface area contributed by atoms with Crippen LogP contribution in [0.4, 0.5) is 0 Å². The molecule has 0 spiro atoms. The van der Waals surface area contributed by atoms with Gasteiger partial charge in [0.2, 0.25) is 0 Å². The van der Waals surface area contributed by atoms with Crippen molar-refractivity contribution >= 4 is 15.9 Å². The first-order chi connectivity index (χ1) is 7.65. The maximum Gasteiger partial charge on any atom is 0.0323 e. The lowest BCUT2D eigenvalue weighted by molar-refractivity contribution is 0.531. The highest BCUT2D eigenvalue weighted by Gasteiger charge is 2.21. The monoisotopic (exact) mass is 281 g/mol. The molecule has 1 aromatic rings. The molecule has 2 rings (SSSR count). The zero-order chi connectivity index (χ0) is 11.7. The molecule has 1 nitrogen and oxygen atoms in total. The fourth-order valence-electron chi connectivity index (χ4n) is 2.84. The van der Waals surface area contributed by atoms with E-state index in [0.717, 1.165) is 0 Å². The lowest BCUT2D eigenvalue weighted by atomic mass is 9.91. The Kier molecular flexibility index (Phi) is 3.70. The molecule has 0 aliphatic heterocycles. The largest absolute Gasteiger partial charge is 0.313 e. The number of fused-ring (bicyclic) bond motifs is 1. The van der Waals surface area contributed by atoms with E-state index in [0.29, 0.717) is 6.04 Å². The minimum absolute atomic E-state index is 0.536. The van der Waals surface area contributed by atoms with Crippen LogP contribution in [0.25, 0.3) is 0 Å². The number of hydrogen-bond acceptors (Lipinski definition) is 1. The van der Waals surface area contributed by atoms with Gasteiger partial charge < -0.3 is 5.32 Å². The number of hydrogen-bond donors (Lipinski definition) is 1. The standard InChI is InChI=1S/C14H20BrN/c1-9-8-12(15)10(2)14-11(9)6-4-5-7-13(14)16-3/h8,13,16H,4-7H2,1-3H3. The number of nitrogens with one attached hydrogen (secondary N) is 1. The molecule has 1 unspecified atom stereocenters. The molecule has 0 saturated carbocycles. The summed E-state index contributed by atoms with van der Waals surface area (Å²) < 4.78 is 1.26. The summed E-state index contributed by atoms with van der Waals surface area (Å²) in [6.07, 6.45) is 5.16. The summed E-state index contributed by atoms with van der Waals surface area (Å²) in [6, 6.07) is 2.81. The Morgan fingerprint density at radius 3 is 2.75 bits per heavy atom. The Hall–Kier alpha value is -0.340. The highest BCUT2D eigenvalue weighted by Crippen LogP contribution is 2.36.